The fourth-order valence-corrected chi connectivity index (χ4v) is 0.902. The molecule has 0 aliphatic carbocycles. The zero-order chi connectivity index (χ0) is 9.84. The van der Waals surface area contributed by atoms with Gasteiger partial charge in [-0.3, -0.25) is 0 Å². The van der Waals surface area contributed by atoms with Gasteiger partial charge < -0.3 is 0 Å². The summed E-state index contributed by atoms with van der Waals surface area (Å²) in [6.45, 7) is 1.53. The molecule has 3 nitrogen and oxygen atoms in total. The molecule has 13 heavy (non-hydrogen) atoms. The molecule has 0 spiro atoms. The molecule has 0 radical (unpaired) electrons. The molecule has 0 heterocycles. The van der Waals surface area contributed by atoms with Gasteiger partial charge in [0.2, 0.25) is 6.08 Å². The van der Waals surface area contributed by atoms with E-state index < -0.39 is 5.82 Å². The lowest BCUT2D eigenvalue weighted by Crippen LogP contribution is -1.85. The van der Waals surface area contributed by atoms with E-state index in [4.69, 9.17) is 5.26 Å². The van der Waals surface area contributed by atoms with Gasteiger partial charge >= 0.3 is 0 Å². The Balaban J connectivity index is 3.43. The maximum absolute atomic E-state index is 12.9. The van der Waals surface area contributed by atoms with Gasteiger partial charge in [0, 0.05) is 6.07 Å². The average Bonchev–Trinajstić information content (AvgIpc) is 2.11. The van der Waals surface area contributed by atoms with Crippen molar-refractivity contribution in [2.75, 3.05) is 0 Å². The first-order valence-electron chi connectivity index (χ1n) is 3.47. The van der Waals surface area contributed by atoms with Crippen molar-refractivity contribution in [3.63, 3.8) is 0 Å². The van der Waals surface area contributed by atoms with Crippen LogP contribution in [0.25, 0.3) is 0 Å². The number of hydrogen-bond donors (Lipinski definition) is 0. The van der Waals surface area contributed by atoms with E-state index in [1.165, 1.54) is 19.1 Å². The van der Waals surface area contributed by atoms with Crippen LogP contribution in [0.3, 0.4) is 0 Å². The van der Waals surface area contributed by atoms with Gasteiger partial charge in [0.1, 0.15) is 11.9 Å². The molecule has 0 aromatic heterocycles. The summed E-state index contributed by atoms with van der Waals surface area (Å²) in [6.07, 6.45) is 1.26. The number of benzene rings is 1. The highest BCUT2D eigenvalue weighted by molar-refractivity contribution is 5.59. The highest BCUT2D eigenvalue weighted by Gasteiger charge is 2.05. The molecule has 64 valence electrons. The van der Waals surface area contributed by atoms with Gasteiger partial charge in [0.15, 0.2) is 0 Å². The van der Waals surface area contributed by atoms with Crippen molar-refractivity contribution in [3.8, 4) is 6.07 Å². The quantitative estimate of drug-likeness (QED) is 0.485. The Hall–Kier alpha value is -1.98. The molecular formula is C9H5FN2O. The highest BCUT2D eigenvalue weighted by atomic mass is 19.1. The molecule has 0 fully saturated rings. The number of aliphatic imine (C=N–C) groups is 1. The molecule has 1 rings (SSSR count). The van der Waals surface area contributed by atoms with Crippen LogP contribution < -0.4 is 0 Å². The van der Waals surface area contributed by atoms with Crippen LogP contribution in [-0.4, -0.2) is 6.08 Å². The summed E-state index contributed by atoms with van der Waals surface area (Å²) in [4.78, 5) is 13.1. The maximum atomic E-state index is 12.9. The van der Waals surface area contributed by atoms with Crippen LogP contribution in [0.1, 0.15) is 11.1 Å². The van der Waals surface area contributed by atoms with Crippen molar-refractivity contribution in [3.05, 3.63) is 29.1 Å². The topological polar surface area (TPSA) is 53.2 Å². The van der Waals surface area contributed by atoms with Gasteiger partial charge in [-0.05, 0) is 18.6 Å². The highest BCUT2D eigenvalue weighted by Crippen LogP contribution is 2.21. The van der Waals surface area contributed by atoms with Gasteiger partial charge in [-0.25, -0.2) is 9.18 Å². The van der Waals surface area contributed by atoms with Gasteiger partial charge in [-0.2, -0.15) is 10.3 Å². The Bertz CT molecular complexity index is 428. The fraction of sp³-hybridized carbons (Fsp3) is 0.111. The van der Waals surface area contributed by atoms with E-state index in [0.717, 1.165) is 6.07 Å². The number of hydrogen-bond acceptors (Lipinski definition) is 3. The lowest BCUT2D eigenvalue weighted by molar-refractivity contribution is 0.565. The first-order valence-corrected chi connectivity index (χ1v) is 3.47. The first-order chi connectivity index (χ1) is 6.19. The minimum atomic E-state index is -0.493. The van der Waals surface area contributed by atoms with Crippen molar-refractivity contribution in [2.24, 2.45) is 4.99 Å². The Morgan fingerprint density at radius 2 is 2.23 bits per heavy atom. The molecule has 0 aliphatic heterocycles. The van der Waals surface area contributed by atoms with Crippen molar-refractivity contribution in [1.29, 1.82) is 5.26 Å². The summed E-state index contributed by atoms with van der Waals surface area (Å²) in [7, 11) is 0. The monoisotopic (exact) mass is 176 g/mol. The molecule has 0 saturated heterocycles. The predicted octanol–water partition coefficient (Wildman–Crippen LogP) is 1.97. The zero-order valence-electron chi connectivity index (χ0n) is 6.84. The molecule has 0 aliphatic rings. The first kappa shape index (κ1) is 9.11. The third-order valence-corrected chi connectivity index (χ3v) is 1.56. The van der Waals surface area contributed by atoms with Crippen LogP contribution in [0, 0.1) is 24.1 Å². The van der Waals surface area contributed by atoms with Crippen LogP contribution in [0.15, 0.2) is 17.1 Å². The molecule has 0 bridgehead atoms. The molecule has 0 amide bonds. The smallest absolute Gasteiger partial charge is 0.211 e. The molecule has 4 heteroatoms. The number of aryl methyl sites for hydroxylation is 1. The van der Waals surface area contributed by atoms with Gasteiger partial charge in [0.05, 0.1) is 11.3 Å². The largest absolute Gasteiger partial charge is 0.240 e. The standard InChI is InChI=1S/C9H5FN2O/c1-6-2-7(4-11)9(12-5-13)3-8(6)10/h2-3H,1H3. The Kier molecular flexibility index (Phi) is 2.53. The minimum absolute atomic E-state index is 0.0144. The second-order valence-corrected chi connectivity index (χ2v) is 2.43. The van der Waals surface area contributed by atoms with E-state index in [1.54, 1.807) is 0 Å². The number of nitriles is 1. The number of isocyanates is 1. The average molecular weight is 176 g/mol. The second kappa shape index (κ2) is 3.61. The van der Waals surface area contributed by atoms with Gasteiger partial charge in [-0.15, -0.1) is 0 Å². The maximum Gasteiger partial charge on any atom is 0.240 e. The number of nitrogens with zero attached hydrogens (tertiary/aromatic N) is 2. The number of halogens is 1. The fourth-order valence-electron chi connectivity index (χ4n) is 0.902. The minimum Gasteiger partial charge on any atom is -0.211 e. The molecule has 1 aromatic rings. The summed E-state index contributed by atoms with van der Waals surface area (Å²) >= 11 is 0. The molecule has 1 aromatic carbocycles. The van der Waals surface area contributed by atoms with Crippen LogP contribution in [0.2, 0.25) is 0 Å². The zero-order valence-corrected chi connectivity index (χ0v) is 6.84. The van der Waals surface area contributed by atoms with Crippen molar-refractivity contribution in [2.45, 2.75) is 6.92 Å². The summed E-state index contributed by atoms with van der Waals surface area (Å²) < 4.78 is 12.9. The summed E-state index contributed by atoms with van der Waals surface area (Å²) in [6, 6.07) is 4.19. The lowest BCUT2D eigenvalue weighted by Gasteiger charge is -1.98. The van der Waals surface area contributed by atoms with E-state index in [0.29, 0.717) is 5.56 Å². The Labute approximate surface area is 74.1 Å². The normalized spacial score (nSPS) is 8.69. The molecular weight excluding hydrogens is 171 g/mol. The number of carbonyl (C=O) groups excluding carboxylic acids is 1. The van der Waals surface area contributed by atoms with E-state index >= 15 is 0 Å². The van der Waals surface area contributed by atoms with Crippen molar-refractivity contribution < 1.29 is 9.18 Å². The molecule has 0 N–H and O–H groups in total. The number of rotatable bonds is 1. The Morgan fingerprint density at radius 1 is 1.54 bits per heavy atom. The van der Waals surface area contributed by atoms with Crippen LogP contribution in [0.4, 0.5) is 10.1 Å². The third kappa shape index (κ3) is 1.78. The van der Waals surface area contributed by atoms with E-state index in [2.05, 4.69) is 4.99 Å². The third-order valence-electron chi connectivity index (χ3n) is 1.56. The second-order valence-electron chi connectivity index (χ2n) is 2.43. The SMILES string of the molecule is Cc1cc(C#N)c(N=C=O)cc1F. The summed E-state index contributed by atoms with van der Waals surface area (Å²) in [5.74, 6) is -0.493. The lowest BCUT2D eigenvalue weighted by atomic mass is 10.1. The predicted molar refractivity (Wildman–Crippen MR) is 43.6 cm³/mol. The van der Waals surface area contributed by atoms with Crippen molar-refractivity contribution >= 4 is 11.8 Å². The van der Waals surface area contributed by atoms with Crippen LogP contribution >= 0.6 is 0 Å². The molecule has 0 saturated carbocycles. The Morgan fingerprint density at radius 3 is 2.77 bits per heavy atom. The van der Waals surface area contributed by atoms with Gasteiger partial charge in [-0.1, -0.05) is 0 Å². The van der Waals surface area contributed by atoms with Crippen LogP contribution in [-0.2, 0) is 4.79 Å². The van der Waals surface area contributed by atoms with E-state index in [-0.39, 0.29) is 11.3 Å². The summed E-state index contributed by atoms with van der Waals surface area (Å²) in [5, 5.41) is 8.60. The van der Waals surface area contributed by atoms with E-state index in [1.807, 2.05) is 6.07 Å². The van der Waals surface area contributed by atoms with Crippen molar-refractivity contribution in [1.82, 2.24) is 0 Å². The van der Waals surface area contributed by atoms with Crippen LogP contribution in [0.5, 0.6) is 0 Å². The summed E-state index contributed by atoms with van der Waals surface area (Å²) in [5.41, 5.74) is 0.532. The van der Waals surface area contributed by atoms with Gasteiger partial charge in [0.25, 0.3) is 0 Å². The molecule has 0 atom stereocenters. The van der Waals surface area contributed by atoms with E-state index in [9.17, 15) is 9.18 Å². The molecule has 0 unspecified atom stereocenters.